The van der Waals surface area contributed by atoms with E-state index in [1.165, 1.54) is 5.56 Å². The van der Waals surface area contributed by atoms with Crippen LogP contribution in [0.5, 0.6) is 5.75 Å². The van der Waals surface area contributed by atoms with Crippen LogP contribution in [-0.4, -0.2) is 17.6 Å². The van der Waals surface area contributed by atoms with Crippen LogP contribution in [0.3, 0.4) is 0 Å². The van der Waals surface area contributed by atoms with Crippen LogP contribution in [0, 0.1) is 0 Å². The minimum absolute atomic E-state index is 0. The van der Waals surface area contributed by atoms with Crippen molar-refractivity contribution in [3.05, 3.63) is 53.3 Å². The Kier molecular flexibility index (Phi) is 6.29. The maximum Gasteiger partial charge on any atom is 0.410 e. The Morgan fingerprint density at radius 2 is 2.00 bits per heavy atom. The number of amides is 1. The molecular weight excluding hydrogens is 349 g/mol. The molecule has 1 fully saturated rings. The van der Waals surface area contributed by atoms with Gasteiger partial charge in [-0.15, -0.1) is 12.4 Å². The van der Waals surface area contributed by atoms with E-state index in [1.807, 2.05) is 18.2 Å². The molecule has 3 rings (SSSR count). The van der Waals surface area contributed by atoms with Gasteiger partial charge in [0.15, 0.2) is 5.75 Å². The summed E-state index contributed by atoms with van der Waals surface area (Å²) < 4.78 is 5.16. The lowest BCUT2D eigenvalue weighted by Gasteiger charge is -2.38. The number of halogens is 2. The van der Waals surface area contributed by atoms with Gasteiger partial charge in [0.25, 0.3) is 0 Å². The summed E-state index contributed by atoms with van der Waals surface area (Å²) in [6.45, 7) is 0.864. The van der Waals surface area contributed by atoms with Crippen LogP contribution in [0.4, 0.5) is 10.5 Å². The first kappa shape index (κ1) is 18.4. The van der Waals surface area contributed by atoms with Crippen molar-refractivity contribution in [2.45, 2.75) is 25.3 Å². The van der Waals surface area contributed by atoms with Gasteiger partial charge in [-0.3, -0.25) is 4.98 Å². The van der Waals surface area contributed by atoms with Gasteiger partial charge in [0.2, 0.25) is 0 Å². The van der Waals surface area contributed by atoms with Crippen molar-refractivity contribution in [3.63, 3.8) is 0 Å². The number of hydrogen-bond acceptors (Lipinski definition) is 4. The number of piperidine rings is 1. The molecule has 7 heteroatoms. The molecule has 2 heterocycles. The molecule has 1 aliphatic rings. The first-order valence-electron chi connectivity index (χ1n) is 7.58. The maximum absolute atomic E-state index is 11.2. The van der Waals surface area contributed by atoms with E-state index < -0.39 is 6.09 Å². The first-order valence-corrected chi connectivity index (χ1v) is 7.96. The van der Waals surface area contributed by atoms with Gasteiger partial charge in [0, 0.05) is 24.0 Å². The summed E-state index contributed by atoms with van der Waals surface area (Å²) >= 11 is 6.16. The van der Waals surface area contributed by atoms with E-state index in [4.69, 9.17) is 22.1 Å². The Hall–Kier alpha value is -1.98. The molecule has 2 aromatic rings. The number of benzene rings is 1. The third-order valence-corrected chi connectivity index (χ3v) is 4.27. The van der Waals surface area contributed by atoms with E-state index in [9.17, 15) is 4.79 Å². The molecule has 0 spiro atoms. The van der Waals surface area contributed by atoms with E-state index >= 15 is 0 Å². The molecule has 5 nitrogen and oxygen atoms in total. The average Bonchev–Trinajstić information content (AvgIpc) is 2.57. The van der Waals surface area contributed by atoms with E-state index in [2.05, 4.69) is 9.88 Å². The number of nitrogens with zero attached hydrogens (tertiary/aromatic N) is 2. The van der Waals surface area contributed by atoms with Crippen LogP contribution in [0.15, 0.2) is 42.7 Å². The summed E-state index contributed by atoms with van der Waals surface area (Å²) in [5.74, 6) is 0.433. The van der Waals surface area contributed by atoms with Gasteiger partial charge in [-0.05, 0) is 55.2 Å². The van der Waals surface area contributed by atoms with E-state index in [-0.39, 0.29) is 18.4 Å². The zero-order valence-electron chi connectivity index (χ0n) is 13.0. The number of anilines is 1. The summed E-state index contributed by atoms with van der Waals surface area (Å²) in [7, 11) is 0. The molecule has 1 saturated heterocycles. The Bertz CT molecular complexity index is 697. The van der Waals surface area contributed by atoms with Gasteiger partial charge in [-0.25, -0.2) is 4.79 Å². The summed E-state index contributed by atoms with van der Waals surface area (Å²) in [5, 5.41) is 0.593. The maximum atomic E-state index is 11.2. The first-order chi connectivity index (χ1) is 11.1. The second-order valence-electron chi connectivity index (χ2n) is 5.52. The highest BCUT2D eigenvalue weighted by Gasteiger charge is 2.27. The molecule has 1 aromatic heterocycles. The topological polar surface area (TPSA) is 68.5 Å². The molecule has 1 aliphatic heterocycles. The SMILES string of the molecule is Cl.NC(=O)Oc1ccc(Cl)cc1N1CCCCC1c1ccncc1. The Morgan fingerprint density at radius 3 is 2.71 bits per heavy atom. The van der Waals surface area contributed by atoms with Crippen molar-refractivity contribution >= 4 is 35.8 Å². The molecule has 1 atom stereocenters. The summed E-state index contributed by atoms with van der Waals surface area (Å²) in [6, 6.07) is 9.42. The Balaban J connectivity index is 0.00000208. The summed E-state index contributed by atoms with van der Waals surface area (Å²) in [4.78, 5) is 17.5. The van der Waals surface area contributed by atoms with Crippen molar-refractivity contribution in [2.75, 3.05) is 11.4 Å². The van der Waals surface area contributed by atoms with Crippen molar-refractivity contribution in [1.82, 2.24) is 4.98 Å². The van der Waals surface area contributed by atoms with Gasteiger partial charge in [-0.1, -0.05) is 11.6 Å². The van der Waals surface area contributed by atoms with Crippen LogP contribution in [0.2, 0.25) is 5.02 Å². The van der Waals surface area contributed by atoms with Crippen molar-refractivity contribution in [3.8, 4) is 5.75 Å². The van der Waals surface area contributed by atoms with Crippen LogP contribution < -0.4 is 15.4 Å². The van der Waals surface area contributed by atoms with E-state index in [0.29, 0.717) is 10.8 Å². The lowest BCUT2D eigenvalue weighted by molar-refractivity contribution is 0.211. The molecule has 1 aromatic carbocycles. The molecule has 0 saturated carbocycles. The van der Waals surface area contributed by atoms with Gasteiger partial charge in [0.05, 0.1) is 11.7 Å². The van der Waals surface area contributed by atoms with Crippen LogP contribution in [-0.2, 0) is 0 Å². The molecule has 1 unspecified atom stereocenters. The molecule has 0 aliphatic carbocycles. The Morgan fingerprint density at radius 1 is 1.25 bits per heavy atom. The fraction of sp³-hybridized carbons (Fsp3) is 0.294. The molecule has 1 amide bonds. The van der Waals surface area contributed by atoms with Crippen molar-refractivity contribution < 1.29 is 9.53 Å². The average molecular weight is 368 g/mol. The molecule has 2 N–H and O–H groups in total. The molecule has 128 valence electrons. The zero-order chi connectivity index (χ0) is 16.2. The highest BCUT2D eigenvalue weighted by molar-refractivity contribution is 6.31. The molecular formula is C17H19Cl2N3O2. The highest BCUT2D eigenvalue weighted by Crippen LogP contribution is 2.40. The lowest BCUT2D eigenvalue weighted by Crippen LogP contribution is -2.34. The zero-order valence-corrected chi connectivity index (χ0v) is 14.6. The van der Waals surface area contributed by atoms with Gasteiger partial charge in [-0.2, -0.15) is 0 Å². The third kappa shape index (κ3) is 4.10. The number of ether oxygens (including phenoxy) is 1. The number of rotatable bonds is 3. The van der Waals surface area contributed by atoms with E-state index in [0.717, 1.165) is 31.5 Å². The fourth-order valence-corrected chi connectivity index (χ4v) is 3.23. The van der Waals surface area contributed by atoms with Crippen molar-refractivity contribution in [2.24, 2.45) is 5.73 Å². The smallest absolute Gasteiger partial charge is 0.408 e. The lowest BCUT2D eigenvalue weighted by atomic mass is 9.95. The van der Waals surface area contributed by atoms with Gasteiger partial charge < -0.3 is 15.4 Å². The minimum atomic E-state index is -0.828. The normalized spacial score (nSPS) is 17.0. The molecule has 0 radical (unpaired) electrons. The van der Waals surface area contributed by atoms with Gasteiger partial charge >= 0.3 is 6.09 Å². The predicted molar refractivity (Wildman–Crippen MR) is 97.1 cm³/mol. The number of carbonyl (C=O) groups is 1. The fourth-order valence-electron chi connectivity index (χ4n) is 3.06. The number of aromatic nitrogens is 1. The highest BCUT2D eigenvalue weighted by atomic mass is 35.5. The number of pyridine rings is 1. The molecule has 0 bridgehead atoms. The van der Waals surface area contributed by atoms with Crippen LogP contribution in [0.1, 0.15) is 30.9 Å². The van der Waals surface area contributed by atoms with Crippen LogP contribution in [0.25, 0.3) is 0 Å². The second-order valence-corrected chi connectivity index (χ2v) is 5.96. The van der Waals surface area contributed by atoms with E-state index in [1.54, 1.807) is 24.5 Å². The summed E-state index contributed by atoms with van der Waals surface area (Å²) in [5.41, 5.74) is 7.16. The summed E-state index contributed by atoms with van der Waals surface area (Å²) in [6.07, 6.45) is 6.00. The predicted octanol–water partition coefficient (Wildman–Crippen LogP) is 4.35. The largest absolute Gasteiger partial charge is 0.410 e. The minimum Gasteiger partial charge on any atom is -0.408 e. The quantitative estimate of drug-likeness (QED) is 0.875. The monoisotopic (exact) mass is 367 g/mol. The second kappa shape index (κ2) is 8.22. The van der Waals surface area contributed by atoms with Gasteiger partial charge in [0.1, 0.15) is 0 Å². The number of primary amides is 1. The Labute approximate surface area is 152 Å². The number of nitrogens with two attached hydrogens (primary N) is 1. The van der Waals surface area contributed by atoms with Crippen molar-refractivity contribution in [1.29, 1.82) is 0 Å². The molecule has 24 heavy (non-hydrogen) atoms. The third-order valence-electron chi connectivity index (χ3n) is 4.03. The number of hydrogen-bond donors (Lipinski definition) is 1. The number of carbonyl (C=O) groups excluding carboxylic acids is 1. The van der Waals surface area contributed by atoms with Crippen LogP contribution >= 0.6 is 24.0 Å². The standard InChI is InChI=1S/C17H18ClN3O2.ClH/c18-13-4-5-16(23-17(19)22)15(11-13)21-10-2-1-3-14(21)12-6-8-20-9-7-12;/h4-9,11,14H,1-3,10H2,(H2,19,22);1H.